The Morgan fingerprint density at radius 3 is 2.39 bits per heavy atom. The Bertz CT molecular complexity index is 1520. The number of amides is 1. The van der Waals surface area contributed by atoms with Crippen molar-refractivity contribution in [3.05, 3.63) is 72.1 Å². The van der Waals surface area contributed by atoms with E-state index in [4.69, 9.17) is 21.1 Å². The zero-order valence-corrected chi connectivity index (χ0v) is 27.8. The van der Waals surface area contributed by atoms with Crippen LogP contribution in [0.1, 0.15) is 30.9 Å². The number of aliphatic hydroxyl groups is 1. The molecular formula is C34H47F2N9O4. The number of aliphatic imine (C=N–C) groups is 1. The summed E-state index contributed by atoms with van der Waals surface area (Å²) in [6.45, 7) is 10.9. The fourth-order valence-electron chi connectivity index (χ4n) is 6.58. The van der Waals surface area contributed by atoms with Crippen LogP contribution in [0, 0.1) is 11.6 Å². The number of carbonyl (C=O) groups is 1. The van der Waals surface area contributed by atoms with Crippen molar-refractivity contribution in [2.75, 3.05) is 76.4 Å². The van der Waals surface area contributed by atoms with Gasteiger partial charge < -0.3 is 41.3 Å². The molecule has 266 valence electrons. The molecule has 13 nitrogen and oxygen atoms in total. The maximum atomic E-state index is 14.5. The van der Waals surface area contributed by atoms with Gasteiger partial charge in [-0.3, -0.25) is 14.6 Å². The number of carbonyl (C=O) groups excluding carboxylic acids is 1. The van der Waals surface area contributed by atoms with Gasteiger partial charge in [0.2, 0.25) is 5.91 Å². The second kappa shape index (κ2) is 16.9. The number of hydrazine groups is 1. The van der Waals surface area contributed by atoms with Crippen LogP contribution in [0.4, 0.5) is 25.8 Å². The quantitative estimate of drug-likeness (QED) is 0.0568. The van der Waals surface area contributed by atoms with E-state index in [0.717, 1.165) is 83.1 Å². The van der Waals surface area contributed by atoms with E-state index in [1.807, 2.05) is 6.07 Å². The van der Waals surface area contributed by atoms with Crippen molar-refractivity contribution in [3.63, 3.8) is 0 Å². The molecule has 15 heteroatoms. The van der Waals surface area contributed by atoms with Gasteiger partial charge in [-0.25, -0.2) is 19.6 Å². The van der Waals surface area contributed by atoms with Gasteiger partial charge in [-0.1, -0.05) is 12.6 Å². The SMILES string of the molecule is C=CC(=O)Nc1cc(N=C(N)/C=C(\NN)N[C@H](CCO)c2ccc(F)cc2F)c(OC)cc1N1CCC(N2CCN(C3COC3)CC2)CC1. The van der Waals surface area contributed by atoms with Crippen molar-refractivity contribution in [1.82, 2.24) is 20.5 Å². The third-order valence-corrected chi connectivity index (χ3v) is 9.33. The summed E-state index contributed by atoms with van der Waals surface area (Å²) < 4.78 is 39.1. The number of aliphatic hydroxyl groups excluding tert-OH is 1. The number of nitrogens with one attached hydrogen (secondary N) is 3. The van der Waals surface area contributed by atoms with Crippen LogP contribution in [-0.2, 0) is 9.53 Å². The van der Waals surface area contributed by atoms with E-state index in [-0.39, 0.29) is 36.2 Å². The summed E-state index contributed by atoms with van der Waals surface area (Å²) in [5.41, 5.74) is 10.6. The highest BCUT2D eigenvalue weighted by Gasteiger charge is 2.33. The molecule has 0 spiro atoms. The van der Waals surface area contributed by atoms with E-state index >= 15 is 0 Å². The Labute approximate surface area is 285 Å². The van der Waals surface area contributed by atoms with Crippen molar-refractivity contribution < 1.29 is 28.2 Å². The van der Waals surface area contributed by atoms with Gasteiger partial charge in [0.05, 0.1) is 43.8 Å². The van der Waals surface area contributed by atoms with Gasteiger partial charge in [0, 0.05) is 75.7 Å². The Morgan fingerprint density at radius 2 is 1.82 bits per heavy atom. The molecule has 0 bridgehead atoms. The summed E-state index contributed by atoms with van der Waals surface area (Å²) in [6, 6.07) is 7.04. The molecule has 1 atom stereocenters. The third-order valence-electron chi connectivity index (χ3n) is 9.33. The minimum Gasteiger partial charge on any atom is -0.494 e. The highest BCUT2D eigenvalue weighted by Crippen LogP contribution is 2.40. The Morgan fingerprint density at radius 1 is 1.12 bits per heavy atom. The summed E-state index contributed by atoms with van der Waals surface area (Å²) in [4.78, 5) is 24.4. The van der Waals surface area contributed by atoms with Crippen LogP contribution in [0.15, 0.2) is 59.9 Å². The summed E-state index contributed by atoms with van der Waals surface area (Å²) in [5, 5.41) is 15.5. The molecule has 0 saturated carbocycles. The Hall–Kier alpha value is -4.28. The molecule has 3 heterocycles. The topological polar surface area (TPSA) is 166 Å². The molecule has 0 aromatic heterocycles. The molecule has 2 aromatic rings. The summed E-state index contributed by atoms with van der Waals surface area (Å²) >= 11 is 0. The molecule has 2 aromatic carbocycles. The number of anilines is 2. The highest BCUT2D eigenvalue weighted by atomic mass is 19.1. The standard InChI is InChI=1S/C34H47F2N9O4/c1-3-34(47)41-28-17-29(39-32(37)19-33(42-38)40-27(8-15-46)25-5-4-22(35)16-26(25)36)31(48-2)18-30(28)45-9-6-23(7-10-45)43-11-13-44(14-12-43)24-20-49-21-24/h3-5,16-19,23-24,27,40,42,46H,1,6-15,20-21,38H2,2H3,(H2,37,39)(H,41,47)/b33-19-/t27-/m1/s1. The van der Waals surface area contributed by atoms with E-state index in [2.05, 4.69) is 42.3 Å². The molecular weight excluding hydrogens is 636 g/mol. The first-order valence-electron chi connectivity index (χ1n) is 16.5. The molecule has 3 aliphatic rings. The molecule has 1 amide bonds. The molecule has 0 aliphatic carbocycles. The summed E-state index contributed by atoms with van der Waals surface area (Å²) in [6.07, 6.45) is 4.67. The fraction of sp³-hybridized carbons (Fsp3) is 0.471. The van der Waals surface area contributed by atoms with Crippen molar-refractivity contribution >= 4 is 28.8 Å². The number of benzene rings is 2. The lowest BCUT2D eigenvalue weighted by Crippen LogP contribution is -2.59. The molecule has 3 fully saturated rings. The lowest BCUT2D eigenvalue weighted by molar-refractivity contribution is -0.111. The second-order valence-electron chi connectivity index (χ2n) is 12.3. The van der Waals surface area contributed by atoms with E-state index in [0.29, 0.717) is 29.2 Å². The van der Waals surface area contributed by atoms with Gasteiger partial charge in [-0.15, -0.1) is 0 Å². The second-order valence-corrected chi connectivity index (χ2v) is 12.3. The number of methoxy groups -OCH3 is 1. The molecule has 8 N–H and O–H groups in total. The zero-order valence-electron chi connectivity index (χ0n) is 27.8. The lowest BCUT2D eigenvalue weighted by atomic mass is 10.0. The van der Waals surface area contributed by atoms with Gasteiger partial charge in [-0.2, -0.15) is 0 Å². The van der Waals surface area contributed by atoms with Crippen LogP contribution < -0.4 is 37.3 Å². The number of rotatable bonds is 14. The predicted molar refractivity (Wildman–Crippen MR) is 185 cm³/mol. The monoisotopic (exact) mass is 683 g/mol. The maximum Gasteiger partial charge on any atom is 0.247 e. The van der Waals surface area contributed by atoms with Gasteiger partial charge in [-0.05, 0) is 37.5 Å². The highest BCUT2D eigenvalue weighted by molar-refractivity contribution is 6.02. The van der Waals surface area contributed by atoms with Crippen molar-refractivity contribution in [2.45, 2.75) is 37.4 Å². The van der Waals surface area contributed by atoms with Crippen LogP contribution in [0.2, 0.25) is 0 Å². The smallest absolute Gasteiger partial charge is 0.247 e. The average Bonchev–Trinajstić information content (AvgIpc) is 3.07. The number of hydrogen-bond acceptors (Lipinski definition) is 11. The van der Waals surface area contributed by atoms with Gasteiger partial charge in [0.25, 0.3) is 0 Å². The molecule has 0 unspecified atom stereocenters. The van der Waals surface area contributed by atoms with Crippen molar-refractivity contribution in [1.29, 1.82) is 0 Å². The predicted octanol–water partition coefficient (Wildman–Crippen LogP) is 2.09. The largest absolute Gasteiger partial charge is 0.494 e. The molecule has 5 rings (SSSR count). The van der Waals surface area contributed by atoms with Crippen LogP contribution in [0.3, 0.4) is 0 Å². The summed E-state index contributed by atoms with van der Waals surface area (Å²) in [5.74, 6) is 4.47. The van der Waals surface area contributed by atoms with E-state index < -0.39 is 17.7 Å². The Balaban J connectivity index is 1.32. The molecule has 49 heavy (non-hydrogen) atoms. The number of amidine groups is 1. The van der Waals surface area contributed by atoms with Crippen LogP contribution in [0.5, 0.6) is 5.75 Å². The number of piperazine rings is 1. The maximum absolute atomic E-state index is 14.5. The number of halogens is 2. The number of hydrogen-bond donors (Lipinski definition) is 6. The third kappa shape index (κ3) is 9.05. The number of piperidine rings is 1. The van der Waals surface area contributed by atoms with E-state index in [1.54, 1.807) is 6.07 Å². The molecule has 0 radical (unpaired) electrons. The normalized spacial score (nSPS) is 19.2. The lowest BCUT2D eigenvalue weighted by Gasteiger charge is -2.46. The van der Waals surface area contributed by atoms with Crippen LogP contribution in [0.25, 0.3) is 0 Å². The van der Waals surface area contributed by atoms with Crippen LogP contribution in [-0.4, -0.2) is 105 Å². The van der Waals surface area contributed by atoms with Crippen molar-refractivity contribution in [2.24, 2.45) is 16.6 Å². The molecule has 3 saturated heterocycles. The van der Waals surface area contributed by atoms with E-state index in [1.165, 1.54) is 25.3 Å². The first-order valence-corrected chi connectivity index (χ1v) is 16.5. The van der Waals surface area contributed by atoms with Gasteiger partial charge in [0.15, 0.2) is 0 Å². The summed E-state index contributed by atoms with van der Waals surface area (Å²) in [7, 11) is 1.53. The van der Waals surface area contributed by atoms with E-state index in [9.17, 15) is 18.7 Å². The zero-order chi connectivity index (χ0) is 34.9. The van der Waals surface area contributed by atoms with Crippen LogP contribution >= 0.6 is 0 Å². The Kier molecular flexibility index (Phi) is 12.4. The average molecular weight is 684 g/mol. The number of ether oxygens (including phenoxy) is 2. The minimum atomic E-state index is -0.773. The minimum absolute atomic E-state index is 0.000527. The molecule has 3 aliphatic heterocycles. The van der Waals surface area contributed by atoms with Gasteiger partial charge >= 0.3 is 0 Å². The number of nitrogens with zero attached hydrogens (tertiary/aromatic N) is 4. The van der Waals surface area contributed by atoms with Crippen molar-refractivity contribution in [3.8, 4) is 5.75 Å². The first kappa shape index (κ1) is 36.0. The fourth-order valence-corrected chi connectivity index (χ4v) is 6.58. The van der Waals surface area contributed by atoms with Gasteiger partial charge in [0.1, 0.15) is 34.7 Å². The first-order chi connectivity index (χ1) is 23.7. The number of nitrogens with two attached hydrogens (primary N) is 2.